The van der Waals surface area contributed by atoms with Crippen molar-refractivity contribution in [1.29, 1.82) is 0 Å². The first-order valence-electron chi connectivity index (χ1n) is 3.42. The summed E-state index contributed by atoms with van der Waals surface area (Å²) in [5, 5.41) is 0. The summed E-state index contributed by atoms with van der Waals surface area (Å²) in [6.45, 7) is 1.28. The van der Waals surface area contributed by atoms with E-state index >= 15 is 0 Å². The van der Waals surface area contributed by atoms with Crippen molar-refractivity contribution in [3.05, 3.63) is 0 Å². The molecule has 0 fully saturated rings. The van der Waals surface area contributed by atoms with Crippen LogP contribution in [0.1, 0.15) is 13.8 Å². The molecule has 0 rings (SSSR count). The van der Waals surface area contributed by atoms with Gasteiger partial charge in [0.15, 0.2) is 6.10 Å². The number of ether oxygens (including phenoxy) is 2. The first-order valence-corrected chi connectivity index (χ1v) is 3.42. The Morgan fingerprint density at radius 1 is 1.33 bits per heavy atom. The van der Waals surface area contributed by atoms with Crippen LogP contribution in [0.25, 0.3) is 0 Å². The van der Waals surface area contributed by atoms with E-state index < -0.39 is 24.7 Å². The van der Waals surface area contributed by atoms with E-state index in [4.69, 9.17) is 0 Å². The van der Waals surface area contributed by atoms with Crippen LogP contribution in [0.4, 0.5) is 4.39 Å². The van der Waals surface area contributed by atoms with Crippen molar-refractivity contribution in [1.82, 2.24) is 0 Å². The molecule has 0 aliphatic heterocycles. The third-order valence-electron chi connectivity index (χ3n) is 0.977. The zero-order valence-electron chi connectivity index (χ0n) is 7.00. The van der Waals surface area contributed by atoms with Crippen molar-refractivity contribution in [3.8, 4) is 0 Å². The predicted molar refractivity (Wildman–Crippen MR) is 38.2 cm³/mol. The molecule has 70 valence electrons. The van der Waals surface area contributed by atoms with Crippen LogP contribution in [-0.4, -0.2) is 31.3 Å². The number of esters is 2. The second-order valence-electron chi connectivity index (χ2n) is 2.19. The average molecular weight is 178 g/mol. The molecule has 0 amide bonds. The minimum Gasteiger partial charge on any atom is -0.462 e. The van der Waals surface area contributed by atoms with Gasteiger partial charge in [-0.05, 0) is 0 Å². The highest BCUT2D eigenvalue weighted by Crippen LogP contribution is 1.95. The Morgan fingerprint density at radius 3 is 2.25 bits per heavy atom. The van der Waals surface area contributed by atoms with Crippen LogP contribution < -0.4 is 0 Å². The Balaban J connectivity index is 3.67. The van der Waals surface area contributed by atoms with Crippen molar-refractivity contribution in [2.45, 2.75) is 20.0 Å². The Bertz CT molecular complexity index is 169. The van der Waals surface area contributed by atoms with Gasteiger partial charge in [-0.25, -0.2) is 4.39 Å². The minimum atomic E-state index is -0.980. The fourth-order valence-corrected chi connectivity index (χ4v) is 0.555. The summed E-state index contributed by atoms with van der Waals surface area (Å²) >= 11 is 0. The van der Waals surface area contributed by atoms with Crippen LogP contribution in [0.15, 0.2) is 0 Å². The fraction of sp³-hybridized carbons (Fsp3) is 0.714. The van der Waals surface area contributed by atoms with E-state index in [1.54, 1.807) is 0 Å². The normalized spacial score (nSPS) is 11.9. The maximum Gasteiger partial charge on any atom is 0.303 e. The molecule has 0 N–H and O–H groups in total. The van der Waals surface area contributed by atoms with Gasteiger partial charge in [0.05, 0.1) is 0 Å². The summed E-state index contributed by atoms with van der Waals surface area (Å²) in [4.78, 5) is 20.6. The fourth-order valence-electron chi connectivity index (χ4n) is 0.555. The molecule has 12 heavy (non-hydrogen) atoms. The van der Waals surface area contributed by atoms with Gasteiger partial charge in [0.25, 0.3) is 0 Å². The zero-order chi connectivity index (χ0) is 9.56. The number of carbonyl (C=O) groups excluding carboxylic acids is 2. The van der Waals surface area contributed by atoms with E-state index in [1.165, 1.54) is 6.92 Å². The van der Waals surface area contributed by atoms with Gasteiger partial charge in [0.2, 0.25) is 0 Å². The lowest BCUT2D eigenvalue weighted by molar-refractivity contribution is -0.157. The largest absolute Gasteiger partial charge is 0.462 e. The molecular weight excluding hydrogens is 167 g/mol. The SMILES string of the molecule is CC(=O)OCC(CF)OC(C)=O. The molecule has 0 radical (unpaired) electrons. The van der Waals surface area contributed by atoms with Gasteiger partial charge in [-0.1, -0.05) is 0 Å². The highest BCUT2D eigenvalue weighted by molar-refractivity contribution is 5.67. The first-order chi connectivity index (χ1) is 5.56. The van der Waals surface area contributed by atoms with E-state index in [-0.39, 0.29) is 6.61 Å². The van der Waals surface area contributed by atoms with Crippen LogP contribution in [-0.2, 0) is 19.1 Å². The molecule has 0 aliphatic carbocycles. The third-order valence-corrected chi connectivity index (χ3v) is 0.977. The van der Waals surface area contributed by atoms with Gasteiger partial charge in [0, 0.05) is 13.8 Å². The van der Waals surface area contributed by atoms with Crippen molar-refractivity contribution in [2.24, 2.45) is 0 Å². The van der Waals surface area contributed by atoms with Gasteiger partial charge in [0.1, 0.15) is 13.3 Å². The minimum absolute atomic E-state index is 0.231. The molecule has 5 heteroatoms. The van der Waals surface area contributed by atoms with E-state index in [0.29, 0.717) is 0 Å². The molecule has 0 heterocycles. The van der Waals surface area contributed by atoms with Crippen LogP contribution in [0.2, 0.25) is 0 Å². The summed E-state index contributed by atoms with van der Waals surface area (Å²) in [5.41, 5.74) is 0. The van der Waals surface area contributed by atoms with Crippen LogP contribution >= 0.6 is 0 Å². The maximum atomic E-state index is 12.0. The Labute approximate surface area is 69.6 Å². The number of rotatable bonds is 4. The molecule has 0 bridgehead atoms. The molecule has 1 unspecified atom stereocenters. The lowest BCUT2D eigenvalue weighted by Crippen LogP contribution is -2.25. The van der Waals surface area contributed by atoms with Crippen molar-refractivity contribution >= 4 is 11.9 Å². The molecule has 0 aromatic carbocycles. The zero-order valence-corrected chi connectivity index (χ0v) is 7.00. The topological polar surface area (TPSA) is 52.6 Å². The summed E-state index contributed by atoms with van der Waals surface area (Å²) in [6.07, 6.45) is -0.980. The van der Waals surface area contributed by atoms with Crippen molar-refractivity contribution in [3.63, 3.8) is 0 Å². The molecule has 0 spiro atoms. The van der Waals surface area contributed by atoms with Gasteiger partial charge in [-0.15, -0.1) is 0 Å². The lowest BCUT2D eigenvalue weighted by atomic mass is 10.4. The van der Waals surface area contributed by atoms with Crippen LogP contribution in [0, 0.1) is 0 Å². The monoisotopic (exact) mass is 178 g/mol. The number of carbonyl (C=O) groups is 2. The Kier molecular flexibility index (Phi) is 4.99. The van der Waals surface area contributed by atoms with E-state index in [0.717, 1.165) is 6.92 Å². The number of hydrogen-bond donors (Lipinski definition) is 0. The quantitative estimate of drug-likeness (QED) is 0.586. The predicted octanol–water partition coefficient (Wildman–Crippen LogP) is 0.451. The van der Waals surface area contributed by atoms with E-state index in [2.05, 4.69) is 9.47 Å². The first kappa shape index (κ1) is 10.9. The van der Waals surface area contributed by atoms with Crippen LogP contribution in [0.5, 0.6) is 0 Å². The van der Waals surface area contributed by atoms with E-state index in [9.17, 15) is 14.0 Å². The number of hydrogen-bond acceptors (Lipinski definition) is 4. The lowest BCUT2D eigenvalue weighted by Gasteiger charge is -2.12. The number of alkyl halides is 1. The van der Waals surface area contributed by atoms with Crippen molar-refractivity contribution in [2.75, 3.05) is 13.3 Å². The molecular formula is C7H11FO4. The van der Waals surface area contributed by atoms with E-state index in [1.807, 2.05) is 0 Å². The summed E-state index contributed by atoms with van der Waals surface area (Å²) in [7, 11) is 0. The Morgan fingerprint density at radius 2 is 1.92 bits per heavy atom. The highest BCUT2D eigenvalue weighted by Gasteiger charge is 2.12. The summed E-state index contributed by atoms with van der Waals surface area (Å²) in [5.74, 6) is -1.12. The van der Waals surface area contributed by atoms with Gasteiger partial charge >= 0.3 is 11.9 Å². The smallest absolute Gasteiger partial charge is 0.303 e. The van der Waals surface area contributed by atoms with Gasteiger partial charge < -0.3 is 9.47 Å². The molecule has 0 saturated heterocycles. The summed E-state index contributed by atoms with van der Waals surface area (Å²) < 4.78 is 20.9. The molecule has 0 aliphatic rings. The second kappa shape index (κ2) is 5.51. The number of halogens is 1. The highest BCUT2D eigenvalue weighted by atomic mass is 19.1. The molecule has 0 aromatic heterocycles. The van der Waals surface area contributed by atoms with Crippen LogP contribution in [0.3, 0.4) is 0 Å². The summed E-state index contributed by atoms with van der Waals surface area (Å²) in [6, 6.07) is 0. The maximum absolute atomic E-state index is 12.0. The molecule has 1 atom stereocenters. The standard InChI is InChI=1S/C7H11FO4/c1-5(9)11-4-7(3-8)12-6(2)10/h7H,3-4H2,1-2H3. The average Bonchev–Trinajstić information content (AvgIpc) is 1.97. The third kappa shape index (κ3) is 5.64. The van der Waals surface area contributed by atoms with Crippen molar-refractivity contribution < 1.29 is 23.5 Å². The van der Waals surface area contributed by atoms with Gasteiger partial charge in [-0.3, -0.25) is 9.59 Å². The molecule has 0 aromatic rings. The Hall–Kier alpha value is -1.13. The second-order valence-corrected chi connectivity index (χ2v) is 2.19. The molecule has 4 nitrogen and oxygen atoms in total. The van der Waals surface area contributed by atoms with Gasteiger partial charge in [-0.2, -0.15) is 0 Å². The molecule has 0 saturated carbocycles.